The zero-order valence-electron chi connectivity index (χ0n) is 14.6. The summed E-state index contributed by atoms with van der Waals surface area (Å²) in [4.78, 5) is 10.7. The summed E-state index contributed by atoms with van der Waals surface area (Å²) in [6, 6.07) is 13.8. The van der Waals surface area contributed by atoms with E-state index >= 15 is 0 Å². The summed E-state index contributed by atoms with van der Waals surface area (Å²) in [7, 11) is 0. The Kier molecular flexibility index (Phi) is 7.16. The van der Waals surface area contributed by atoms with E-state index in [2.05, 4.69) is 14.9 Å². The van der Waals surface area contributed by atoms with Crippen LogP contribution < -0.4 is 4.90 Å². The number of alkyl halides is 2. The lowest BCUT2D eigenvalue weighted by Gasteiger charge is -2.23. The number of rotatable bonds is 8. The molecule has 2 aromatic carbocycles. The zero-order chi connectivity index (χ0) is 19.1. The number of hydrogen-bond donors (Lipinski definition) is 0. The van der Waals surface area contributed by atoms with Gasteiger partial charge in [0.15, 0.2) is 0 Å². The molecule has 140 valence electrons. The van der Waals surface area contributed by atoms with Crippen LogP contribution in [0.5, 0.6) is 0 Å². The normalized spacial score (nSPS) is 11.2. The van der Waals surface area contributed by atoms with Gasteiger partial charge in [-0.1, -0.05) is 11.6 Å². The molecule has 1 aromatic heterocycles. The number of aromatic nitrogens is 2. The minimum atomic E-state index is 0.535. The first-order valence-corrected chi connectivity index (χ1v) is 9.95. The summed E-state index contributed by atoms with van der Waals surface area (Å²) in [5.41, 5.74) is 3.75. The molecule has 0 radical (unpaired) electrons. The molecule has 0 aliphatic heterocycles. The predicted octanol–water partition coefficient (Wildman–Crippen LogP) is 5.56. The molecule has 0 aliphatic carbocycles. The average molecular weight is 422 g/mol. The van der Waals surface area contributed by atoms with Crippen LogP contribution in [0.15, 0.2) is 66.2 Å². The Hall–Kier alpha value is -2.01. The Labute approximate surface area is 174 Å². The lowest BCUT2D eigenvalue weighted by atomic mass is 10.2. The Balaban J connectivity index is 1.73. The summed E-state index contributed by atoms with van der Waals surface area (Å²) in [6.07, 6.45) is 7.18. The quantitative estimate of drug-likeness (QED) is 0.352. The number of aliphatic imine (C=N–C) groups is 1. The van der Waals surface area contributed by atoms with Crippen LogP contribution in [0.3, 0.4) is 0 Å². The van der Waals surface area contributed by atoms with Gasteiger partial charge < -0.3 is 9.47 Å². The van der Waals surface area contributed by atoms with Gasteiger partial charge in [-0.2, -0.15) is 0 Å². The maximum absolute atomic E-state index is 6.44. The molecular formula is C20H19Cl3N4. The highest BCUT2D eigenvalue weighted by Gasteiger charge is 2.08. The minimum absolute atomic E-state index is 0.535. The SMILES string of the molecule is ClCCN(CCCl)c1ccc(C=Nc2ccc(-n3ccnc3)cc2)c(Cl)c1. The lowest BCUT2D eigenvalue weighted by Crippen LogP contribution is -2.27. The van der Waals surface area contributed by atoms with Crippen molar-refractivity contribution in [2.45, 2.75) is 0 Å². The van der Waals surface area contributed by atoms with Gasteiger partial charge in [0.2, 0.25) is 0 Å². The summed E-state index contributed by atoms with van der Waals surface area (Å²) in [6.45, 7) is 1.45. The Morgan fingerprint density at radius 2 is 1.78 bits per heavy atom. The van der Waals surface area contributed by atoms with Gasteiger partial charge in [-0.3, -0.25) is 4.99 Å². The molecule has 0 fully saturated rings. The van der Waals surface area contributed by atoms with Crippen LogP contribution in [0.2, 0.25) is 5.02 Å². The Bertz CT molecular complexity index is 871. The first-order valence-electron chi connectivity index (χ1n) is 8.50. The number of nitrogens with zero attached hydrogens (tertiary/aromatic N) is 4. The van der Waals surface area contributed by atoms with Gasteiger partial charge >= 0.3 is 0 Å². The van der Waals surface area contributed by atoms with Crippen molar-refractivity contribution in [2.75, 3.05) is 29.7 Å². The van der Waals surface area contributed by atoms with Crippen LogP contribution >= 0.6 is 34.8 Å². The van der Waals surface area contributed by atoms with E-state index in [1.165, 1.54) is 0 Å². The maximum atomic E-state index is 6.44. The molecule has 0 saturated carbocycles. The monoisotopic (exact) mass is 420 g/mol. The molecule has 0 spiro atoms. The summed E-state index contributed by atoms with van der Waals surface area (Å²) in [5.74, 6) is 1.07. The predicted molar refractivity (Wildman–Crippen MR) is 116 cm³/mol. The highest BCUT2D eigenvalue weighted by molar-refractivity contribution is 6.33. The Morgan fingerprint density at radius 3 is 2.37 bits per heavy atom. The van der Waals surface area contributed by atoms with Gasteiger partial charge in [0.1, 0.15) is 0 Å². The highest BCUT2D eigenvalue weighted by atomic mass is 35.5. The summed E-state index contributed by atoms with van der Waals surface area (Å²) in [5, 5.41) is 0.639. The van der Waals surface area contributed by atoms with Crippen LogP contribution in [0.4, 0.5) is 11.4 Å². The van der Waals surface area contributed by atoms with Crippen LogP contribution in [-0.4, -0.2) is 40.6 Å². The van der Waals surface area contributed by atoms with E-state index in [1.54, 1.807) is 18.7 Å². The van der Waals surface area contributed by atoms with E-state index in [9.17, 15) is 0 Å². The molecule has 3 aromatic rings. The maximum Gasteiger partial charge on any atom is 0.0991 e. The molecule has 1 heterocycles. The van der Waals surface area contributed by atoms with Crippen LogP contribution in [0.1, 0.15) is 5.56 Å². The first kappa shape index (κ1) is 19.7. The van der Waals surface area contributed by atoms with Crippen molar-refractivity contribution in [3.8, 4) is 5.69 Å². The molecule has 0 amide bonds. The van der Waals surface area contributed by atoms with Crippen LogP contribution in [-0.2, 0) is 0 Å². The zero-order valence-corrected chi connectivity index (χ0v) is 16.9. The fourth-order valence-electron chi connectivity index (χ4n) is 2.66. The van der Waals surface area contributed by atoms with Crippen molar-refractivity contribution in [1.29, 1.82) is 0 Å². The highest BCUT2D eigenvalue weighted by Crippen LogP contribution is 2.24. The van der Waals surface area contributed by atoms with Gasteiger partial charge in [-0.05, 0) is 42.5 Å². The molecule has 7 heteroatoms. The minimum Gasteiger partial charge on any atom is -0.369 e. The van der Waals surface area contributed by atoms with Gasteiger partial charge in [0, 0.05) is 60.4 Å². The third-order valence-corrected chi connectivity index (χ3v) is 4.73. The molecule has 4 nitrogen and oxygen atoms in total. The fraction of sp³-hybridized carbons (Fsp3) is 0.200. The molecule has 0 unspecified atom stereocenters. The van der Waals surface area contributed by atoms with Gasteiger partial charge in [-0.15, -0.1) is 23.2 Å². The lowest BCUT2D eigenvalue weighted by molar-refractivity contribution is 0.874. The topological polar surface area (TPSA) is 33.4 Å². The smallest absolute Gasteiger partial charge is 0.0991 e. The molecule has 27 heavy (non-hydrogen) atoms. The molecule has 0 aliphatic rings. The second-order valence-electron chi connectivity index (χ2n) is 5.82. The van der Waals surface area contributed by atoms with Gasteiger partial charge in [0.25, 0.3) is 0 Å². The van der Waals surface area contributed by atoms with Crippen molar-refractivity contribution in [2.24, 2.45) is 4.99 Å². The Morgan fingerprint density at radius 1 is 1.04 bits per heavy atom. The summed E-state index contributed by atoms with van der Waals surface area (Å²) < 4.78 is 1.94. The number of anilines is 1. The van der Waals surface area contributed by atoms with Crippen molar-refractivity contribution >= 4 is 52.4 Å². The van der Waals surface area contributed by atoms with Gasteiger partial charge in [0.05, 0.1) is 17.0 Å². The summed E-state index contributed by atoms with van der Waals surface area (Å²) >= 11 is 18.2. The second kappa shape index (κ2) is 9.79. The number of halogens is 3. The molecule has 0 saturated heterocycles. The molecule has 0 atom stereocenters. The van der Waals surface area contributed by atoms with E-state index in [0.29, 0.717) is 16.8 Å². The number of benzene rings is 2. The van der Waals surface area contributed by atoms with E-state index in [1.807, 2.05) is 53.2 Å². The van der Waals surface area contributed by atoms with E-state index in [0.717, 1.165) is 35.7 Å². The molecule has 0 bridgehead atoms. The molecule has 0 N–H and O–H groups in total. The van der Waals surface area contributed by atoms with Crippen molar-refractivity contribution < 1.29 is 0 Å². The fourth-order valence-corrected chi connectivity index (χ4v) is 3.29. The van der Waals surface area contributed by atoms with E-state index < -0.39 is 0 Å². The molecule has 3 rings (SSSR count). The van der Waals surface area contributed by atoms with E-state index in [4.69, 9.17) is 34.8 Å². The number of hydrogen-bond acceptors (Lipinski definition) is 3. The van der Waals surface area contributed by atoms with Crippen LogP contribution in [0, 0.1) is 0 Å². The van der Waals surface area contributed by atoms with Crippen molar-refractivity contribution in [3.63, 3.8) is 0 Å². The van der Waals surface area contributed by atoms with Crippen LogP contribution in [0.25, 0.3) is 5.69 Å². The second-order valence-corrected chi connectivity index (χ2v) is 6.98. The van der Waals surface area contributed by atoms with Crippen molar-refractivity contribution in [1.82, 2.24) is 9.55 Å². The standard InChI is InChI=1S/C20H19Cl3N4/c21-7-10-26(11-8-22)19-4-1-16(20(23)13-19)14-25-17-2-5-18(6-3-17)27-12-9-24-15-27/h1-6,9,12-15H,7-8,10-11H2. The van der Waals surface area contributed by atoms with Crippen molar-refractivity contribution in [3.05, 3.63) is 71.8 Å². The molecular weight excluding hydrogens is 403 g/mol. The third-order valence-electron chi connectivity index (χ3n) is 4.06. The first-order chi connectivity index (χ1) is 13.2. The largest absolute Gasteiger partial charge is 0.369 e. The average Bonchev–Trinajstić information content (AvgIpc) is 3.22. The number of imidazole rings is 1. The van der Waals surface area contributed by atoms with Gasteiger partial charge in [-0.25, -0.2) is 4.98 Å². The van der Waals surface area contributed by atoms with E-state index in [-0.39, 0.29) is 0 Å². The third kappa shape index (κ3) is 5.25.